The maximum absolute atomic E-state index is 13.9. The fourth-order valence-electron chi connectivity index (χ4n) is 3.93. The van der Waals surface area contributed by atoms with Gasteiger partial charge in [0.15, 0.2) is 0 Å². The number of nitrogens with one attached hydrogen (secondary N) is 1. The summed E-state index contributed by atoms with van der Waals surface area (Å²) in [7, 11) is -2.69. The Kier molecular flexibility index (Phi) is 10.8. The molecule has 8 nitrogen and oxygen atoms in total. The third-order valence-corrected chi connectivity index (χ3v) is 8.83. The topological polar surface area (TPSA) is 96.0 Å². The Morgan fingerprint density at radius 1 is 0.975 bits per heavy atom. The van der Waals surface area contributed by atoms with E-state index in [9.17, 15) is 18.0 Å². The maximum Gasteiger partial charge on any atom is 0.264 e. The molecule has 0 spiro atoms. The van der Waals surface area contributed by atoms with Gasteiger partial charge in [-0.05, 0) is 74.4 Å². The number of anilines is 1. The Morgan fingerprint density at radius 3 is 2.20 bits per heavy atom. The number of carbonyl (C=O) groups is 2. The summed E-state index contributed by atoms with van der Waals surface area (Å²) >= 11 is 12.3. The number of hydrogen-bond donors (Lipinski definition) is 1. The molecule has 0 radical (unpaired) electrons. The minimum Gasteiger partial charge on any atom is -0.497 e. The number of aryl methyl sites for hydroxylation is 1. The van der Waals surface area contributed by atoms with Crippen LogP contribution in [-0.2, 0) is 26.2 Å². The highest BCUT2D eigenvalue weighted by molar-refractivity contribution is 7.92. The lowest BCUT2D eigenvalue weighted by molar-refractivity contribution is -0.139. The molecule has 3 aromatic rings. The molecule has 3 rings (SSSR count). The van der Waals surface area contributed by atoms with E-state index in [4.69, 9.17) is 27.9 Å². The highest BCUT2D eigenvalue weighted by atomic mass is 35.5. The van der Waals surface area contributed by atoms with Crippen LogP contribution in [0.15, 0.2) is 71.6 Å². The first-order chi connectivity index (χ1) is 19.0. The summed E-state index contributed by atoms with van der Waals surface area (Å²) < 4.78 is 33.9. The first-order valence-corrected chi connectivity index (χ1v) is 14.9. The number of benzene rings is 3. The van der Waals surface area contributed by atoms with Crippen LogP contribution in [0, 0.1) is 6.92 Å². The van der Waals surface area contributed by atoms with Crippen molar-refractivity contribution in [3.05, 3.63) is 87.9 Å². The number of rotatable bonds is 12. The van der Waals surface area contributed by atoms with Crippen molar-refractivity contribution in [3.8, 4) is 5.75 Å². The summed E-state index contributed by atoms with van der Waals surface area (Å²) in [5.74, 6) is -0.422. The Hall–Kier alpha value is -3.27. The second-order valence-corrected chi connectivity index (χ2v) is 11.9. The summed E-state index contributed by atoms with van der Waals surface area (Å²) in [5, 5.41) is 3.47. The second-order valence-electron chi connectivity index (χ2n) is 9.26. The summed E-state index contributed by atoms with van der Waals surface area (Å²) in [6.45, 7) is 5.33. The number of methoxy groups -OCH3 is 1. The molecule has 2 amide bonds. The molecule has 0 saturated heterocycles. The molecule has 0 heterocycles. The van der Waals surface area contributed by atoms with E-state index >= 15 is 0 Å². The standard InChI is InChI=1S/C29H33Cl2N3O5S/c1-5-16-32-29(36)21(3)33(18-22-8-15-26(30)27(31)17-22)28(35)19-34(23-9-6-20(2)7-10-23)40(37,38)25-13-11-24(39-4)12-14-25/h6-15,17,21H,5,16,18-19H2,1-4H3,(H,32,36)/t21-/m0/s1. The van der Waals surface area contributed by atoms with Crippen LogP contribution in [0.2, 0.25) is 10.0 Å². The summed E-state index contributed by atoms with van der Waals surface area (Å²) in [4.78, 5) is 28.2. The predicted molar refractivity (Wildman–Crippen MR) is 158 cm³/mol. The average Bonchev–Trinajstić information content (AvgIpc) is 2.95. The van der Waals surface area contributed by atoms with Crippen LogP contribution in [0.3, 0.4) is 0 Å². The second kappa shape index (κ2) is 13.9. The molecule has 0 unspecified atom stereocenters. The van der Waals surface area contributed by atoms with Crippen molar-refractivity contribution in [1.82, 2.24) is 10.2 Å². The monoisotopic (exact) mass is 605 g/mol. The van der Waals surface area contributed by atoms with Gasteiger partial charge >= 0.3 is 0 Å². The molecule has 0 fully saturated rings. The van der Waals surface area contributed by atoms with E-state index in [2.05, 4.69) is 5.32 Å². The van der Waals surface area contributed by atoms with Crippen molar-refractivity contribution in [2.45, 2.75) is 44.7 Å². The summed E-state index contributed by atoms with van der Waals surface area (Å²) in [6.07, 6.45) is 0.723. The molecule has 11 heteroatoms. The molecule has 0 aliphatic heterocycles. The lowest BCUT2D eigenvalue weighted by Crippen LogP contribution is -2.51. The zero-order valence-electron chi connectivity index (χ0n) is 22.9. The molecule has 0 aliphatic rings. The zero-order chi connectivity index (χ0) is 29.4. The average molecular weight is 607 g/mol. The first-order valence-electron chi connectivity index (χ1n) is 12.7. The molecule has 0 aromatic heterocycles. The van der Waals surface area contributed by atoms with Crippen molar-refractivity contribution >= 4 is 50.7 Å². The Morgan fingerprint density at radius 2 is 1.62 bits per heavy atom. The molecule has 0 saturated carbocycles. The first kappa shape index (κ1) is 31.3. The van der Waals surface area contributed by atoms with Gasteiger partial charge in [-0.2, -0.15) is 0 Å². The highest BCUT2D eigenvalue weighted by Gasteiger charge is 2.32. The fourth-order valence-corrected chi connectivity index (χ4v) is 5.66. The van der Waals surface area contributed by atoms with Gasteiger partial charge in [-0.1, -0.05) is 53.9 Å². The van der Waals surface area contributed by atoms with Crippen LogP contribution in [0.1, 0.15) is 31.4 Å². The number of nitrogens with zero attached hydrogens (tertiary/aromatic N) is 2. The number of amides is 2. The van der Waals surface area contributed by atoms with Crippen LogP contribution in [0.4, 0.5) is 5.69 Å². The Bertz CT molecular complexity index is 1430. The molecule has 0 bridgehead atoms. The quantitative estimate of drug-likeness (QED) is 0.296. The third-order valence-electron chi connectivity index (χ3n) is 6.30. The van der Waals surface area contributed by atoms with E-state index < -0.39 is 28.5 Å². The molecular formula is C29H33Cl2N3O5S. The predicted octanol–water partition coefficient (Wildman–Crippen LogP) is 5.45. The Labute approximate surface area is 245 Å². The van der Waals surface area contributed by atoms with Gasteiger partial charge in [-0.3, -0.25) is 13.9 Å². The van der Waals surface area contributed by atoms with Gasteiger partial charge in [0, 0.05) is 13.1 Å². The fraction of sp³-hybridized carbons (Fsp3) is 0.310. The molecule has 40 heavy (non-hydrogen) atoms. The summed E-state index contributed by atoms with van der Waals surface area (Å²) in [5.41, 5.74) is 1.88. The molecule has 1 atom stereocenters. The molecule has 1 N–H and O–H groups in total. The van der Waals surface area contributed by atoms with Gasteiger partial charge in [-0.15, -0.1) is 0 Å². The Balaban J connectivity index is 2.02. The minimum atomic E-state index is -4.17. The zero-order valence-corrected chi connectivity index (χ0v) is 25.2. The number of carbonyl (C=O) groups excluding carboxylic acids is 2. The van der Waals surface area contributed by atoms with E-state index in [-0.39, 0.29) is 17.3 Å². The van der Waals surface area contributed by atoms with Crippen LogP contribution >= 0.6 is 23.2 Å². The van der Waals surface area contributed by atoms with Crippen molar-refractivity contribution in [2.75, 3.05) is 24.5 Å². The highest BCUT2D eigenvalue weighted by Crippen LogP contribution is 2.27. The number of halogens is 2. The van der Waals surface area contributed by atoms with Gasteiger partial charge in [-0.25, -0.2) is 8.42 Å². The van der Waals surface area contributed by atoms with Gasteiger partial charge in [0.05, 0.1) is 27.7 Å². The van der Waals surface area contributed by atoms with Gasteiger partial charge in [0.25, 0.3) is 10.0 Å². The number of ether oxygens (including phenoxy) is 1. The number of hydrogen-bond acceptors (Lipinski definition) is 5. The number of sulfonamides is 1. The normalized spacial score (nSPS) is 11.9. The third kappa shape index (κ3) is 7.68. The molecular weight excluding hydrogens is 573 g/mol. The van der Waals surface area contributed by atoms with E-state index in [1.54, 1.807) is 61.5 Å². The van der Waals surface area contributed by atoms with E-state index in [1.807, 2.05) is 13.8 Å². The van der Waals surface area contributed by atoms with E-state index in [1.165, 1.54) is 24.1 Å². The van der Waals surface area contributed by atoms with Crippen molar-refractivity contribution in [3.63, 3.8) is 0 Å². The molecule has 3 aromatic carbocycles. The van der Waals surface area contributed by atoms with Crippen molar-refractivity contribution in [2.24, 2.45) is 0 Å². The molecule has 214 valence electrons. The summed E-state index contributed by atoms with van der Waals surface area (Å²) in [6, 6.07) is 16.8. The van der Waals surface area contributed by atoms with Gasteiger partial charge < -0.3 is 15.0 Å². The van der Waals surface area contributed by atoms with Gasteiger partial charge in [0.1, 0.15) is 18.3 Å². The van der Waals surface area contributed by atoms with Crippen LogP contribution in [0.5, 0.6) is 5.75 Å². The lowest BCUT2D eigenvalue weighted by Gasteiger charge is -2.32. The van der Waals surface area contributed by atoms with Crippen molar-refractivity contribution < 1.29 is 22.7 Å². The van der Waals surface area contributed by atoms with E-state index in [0.717, 1.165) is 16.3 Å². The van der Waals surface area contributed by atoms with Crippen LogP contribution in [-0.4, -0.2) is 51.4 Å². The SMILES string of the molecule is CCCNC(=O)[C@H](C)N(Cc1ccc(Cl)c(Cl)c1)C(=O)CN(c1ccc(C)cc1)S(=O)(=O)c1ccc(OC)cc1. The largest absolute Gasteiger partial charge is 0.497 e. The lowest BCUT2D eigenvalue weighted by atomic mass is 10.1. The minimum absolute atomic E-state index is 0.00792. The van der Waals surface area contributed by atoms with Crippen LogP contribution < -0.4 is 14.4 Å². The molecule has 0 aliphatic carbocycles. The van der Waals surface area contributed by atoms with E-state index in [0.29, 0.717) is 33.6 Å². The van der Waals surface area contributed by atoms with Crippen LogP contribution in [0.25, 0.3) is 0 Å². The smallest absolute Gasteiger partial charge is 0.264 e. The van der Waals surface area contributed by atoms with Crippen molar-refractivity contribution in [1.29, 1.82) is 0 Å². The van der Waals surface area contributed by atoms with Gasteiger partial charge in [0.2, 0.25) is 11.8 Å². The maximum atomic E-state index is 13.9.